The third-order valence-corrected chi connectivity index (χ3v) is 8.24. The Morgan fingerprint density at radius 2 is 2.00 bits per heavy atom. The average molecular weight is 650 g/mol. The lowest BCUT2D eigenvalue weighted by Gasteiger charge is -2.59. The highest BCUT2D eigenvalue weighted by Gasteiger charge is 2.54. The molecule has 1 saturated heterocycles. The quantitative estimate of drug-likeness (QED) is 0.211. The van der Waals surface area contributed by atoms with E-state index in [0.717, 1.165) is 64.0 Å². The molecule has 3 heterocycles. The fourth-order valence-electron chi connectivity index (χ4n) is 5.48. The number of aliphatic imine (C=N–C) groups is 1. The van der Waals surface area contributed by atoms with Crippen molar-refractivity contribution in [1.82, 2.24) is 20.1 Å². The van der Waals surface area contributed by atoms with Gasteiger partial charge in [0.05, 0.1) is 12.2 Å². The highest BCUT2D eigenvalue weighted by atomic mass is 35.5. The number of hydrogen-bond acceptors (Lipinski definition) is 8. The van der Waals surface area contributed by atoms with Gasteiger partial charge in [0.15, 0.2) is 11.0 Å². The van der Waals surface area contributed by atoms with E-state index in [4.69, 9.17) is 21.4 Å². The lowest BCUT2D eigenvalue weighted by Crippen LogP contribution is -2.66. The number of halogens is 4. The van der Waals surface area contributed by atoms with E-state index in [1.54, 1.807) is 24.1 Å². The lowest BCUT2D eigenvalue weighted by molar-refractivity contribution is -0.0921. The molecule has 2 fully saturated rings. The number of aromatic nitrogens is 1. The standard InChI is InChI=1S/C25H26ClFN6O.C6H13F2N.CH4O/c1-3-16-10-17(27)4-5-20(16)31-24(23(26)32-28-2)33-14-25(15-33)11-18(12-25)34-22-7-9-30-21-6-8-29-13-19(21)22;1-5(2)9(3)4-6(7)8;1-2/h3-5,7,9-10,18,29H,1-2,6,8,11-15H2;5-6H,4H2,1-3H3;2H,1H3/b31-24?,32-23+;;. The topological polar surface area (TPSA) is 97.9 Å². The van der Waals surface area contributed by atoms with Gasteiger partial charge in [0, 0.05) is 80.9 Å². The molecule has 9 nitrogen and oxygen atoms in total. The van der Waals surface area contributed by atoms with Crippen LogP contribution in [-0.2, 0) is 13.0 Å². The second kappa shape index (κ2) is 16.8. The number of nitrogens with zero attached hydrogens (tertiary/aromatic N) is 6. The summed E-state index contributed by atoms with van der Waals surface area (Å²) in [6.45, 7) is 14.1. The molecule has 1 aliphatic carbocycles. The van der Waals surface area contributed by atoms with Crippen LogP contribution < -0.4 is 10.1 Å². The predicted molar refractivity (Wildman–Crippen MR) is 176 cm³/mol. The number of benzene rings is 1. The first-order valence-corrected chi connectivity index (χ1v) is 15.1. The number of fused-ring (bicyclic) bond motifs is 1. The number of pyridine rings is 1. The van der Waals surface area contributed by atoms with E-state index in [1.165, 1.54) is 17.7 Å². The van der Waals surface area contributed by atoms with E-state index in [2.05, 4.69) is 43.7 Å². The molecular formula is C32H43ClF3N7O2. The number of rotatable bonds is 9. The van der Waals surface area contributed by atoms with Gasteiger partial charge >= 0.3 is 0 Å². The molecule has 2 aliphatic heterocycles. The zero-order valence-corrected chi connectivity index (χ0v) is 27.1. The van der Waals surface area contributed by atoms with Crippen LogP contribution in [0.2, 0.25) is 0 Å². The van der Waals surface area contributed by atoms with Crippen molar-refractivity contribution in [3.63, 3.8) is 0 Å². The van der Waals surface area contributed by atoms with Crippen LogP contribution in [0.3, 0.4) is 0 Å². The summed E-state index contributed by atoms with van der Waals surface area (Å²) in [5.41, 5.74) is 3.62. The molecule has 246 valence electrons. The SMILES string of the molecule is C=Cc1cc(F)ccc1N=C(/C(Cl)=N\N=C)N1CC2(CC(Oc3ccnc4c3CNCC4)C2)C1.CC(C)N(C)CC(F)F.CO. The molecular weight excluding hydrogens is 607 g/mol. The average Bonchev–Trinajstić information content (AvgIpc) is 2.98. The Hall–Kier alpha value is -3.32. The summed E-state index contributed by atoms with van der Waals surface area (Å²) in [6, 6.07) is 6.52. The normalized spacial score (nSPS) is 17.5. The van der Waals surface area contributed by atoms with Gasteiger partial charge in [0.2, 0.25) is 0 Å². The van der Waals surface area contributed by atoms with Gasteiger partial charge in [-0.05, 0) is 58.0 Å². The number of amidine groups is 1. The molecule has 0 radical (unpaired) electrons. The largest absolute Gasteiger partial charge is 0.490 e. The fourth-order valence-corrected chi connectivity index (χ4v) is 5.69. The molecule has 1 spiro atoms. The first kappa shape index (κ1) is 36.2. The van der Waals surface area contributed by atoms with E-state index in [1.807, 2.05) is 26.1 Å². The minimum Gasteiger partial charge on any atom is -0.490 e. The summed E-state index contributed by atoms with van der Waals surface area (Å²) in [5, 5.41) is 18.0. The van der Waals surface area contributed by atoms with Crippen molar-refractivity contribution in [3.8, 4) is 5.75 Å². The van der Waals surface area contributed by atoms with Crippen molar-refractivity contribution < 1.29 is 23.0 Å². The van der Waals surface area contributed by atoms with E-state index in [-0.39, 0.29) is 35.1 Å². The number of nitrogens with one attached hydrogen (secondary N) is 1. The molecule has 1 aromatic carbocycles. The molecule has 0 atom stereocenters. The molecule has 2 N–H and O–H groups in total. The maximum Gasteiger partial charge on any atom is 0.251 e. The molecule has 45 heavy (non-hydrogen) atoms. The Kier molecular flexibility index (Phi) is 13.5. The van der Waals surface area contributed by atoms with Crippen molar-refractivity contribution in [3.05, 3.63) is 59.7 Å². The molecule has 0 unspecified atom stereocenters. The number of ether oxygens (including phenoxy) is 1. The summed E-state index contributed by atoms with van der Waals surface area (Å²) in [7, 11) is 2.69. The summed E-state index contributed by atoms with van der Waals surface area (Å²) < 4.78 is 43.2. The minimum absolute atomic E-state index is 0.127. The monoisotopic (exact) mass is 649 g/mol. The lowest BCUT2D eigenvalue weighted by atomic mass is 9.61. The smallest absolute Gasteiger partial charge is 0.251 e. The minimum atomic E-state index is -2.21. The number of hydrogen-bond donors (Lipinski definition) is 2. The van der Waals surface area contributed by atoms with Crippen LogP contribution in [0.25, 0.3) is 6.08 Å². The van der Waals surface area contributed by atoms with Gasteiger partial charge in [0.1, 0.15) is 17.7 Å². The summed E-state index contributed by atoms with van der Waals surface area (Å²) >= 11 is 6.40. The van der Waals surface area contributed by atoms with Gasteiger partial charge < -0.3 is 20.1 Å². The Balaban J connectivity index is 0.000000435. The summed E-state index contributed by atoms with van der Waals surface area (Å²) in [4.78, 5) is 12.9. The van der Waals surface area contributed by atoms with Crippen LogP contribution in [0.15, 0.2) is 52.2 Å². The van der Waals surface area contributed by atoms with Gasteiger partial charge in [-0.1, -0.05) is 24.3 Å². The van der Waals surface area contributed by atoms with Crippen molar-refractivity contribution in [2.45, 2.75) is 58.2 Å². The highest BCUT2D eigenvalue weighted by Crippen LogP contribution is 2.50. The molecule has 0 amide bonds. The Bertz CT molecular complexity index is 1360. The summed E-state index contributed by atoms with van der Waals surface area (Å²) in [6.07, 6.45) is 4.23. The fraction of sp³-hybridized carbons (Fsp3) is 0.500. The second-order valence-corrected chi connectivity index (χ2v) is 11.8. The van der Waals surface area contributed by atoms with E-state index < -0.39 is 6.43 Å². The first-order valence-electron chi connectivity index (χ1n) is 14.8. The Labute approximate surface area is 268 Å². The van der Waals surface area contributed by atoms with Crippen molar-refractivity contribution in [1.29, 1.82) is 0 Å². The van der Waals surface area contributed by atoms with E-state index in [9.17, 15) is 13.2 Å². The van der Waals surface area contributed by atoms with Crippen LogP contribution in [0.5, 0.6) is 5.75 Å². The molecule has 2 aromatic rings. The molecule has 3 aliphatic rings. The molecule has 13 heteroatoms. The predicted octanol–water partition coefficient (Wildman–Crippen LogP) is 5.54. The highest BCUT2D eigenvalue weighted by molar-refractivity contribution is 6.83. The van der Waals surface area contributed by atoms with E-state index >= 15 is 0 Å². The van der Waals surface area contributed by atoms with Crippen LogP contribution in [-0.4, -0.2) is 96.5 Å². The first-order chi connectivity index (χ1) is 21.5. The van der Waals surface area contributed by atoms with Crippen LogP contribution >= 0.6 is 11.6 Å². The van der Waals surface area contributed by atoms with Gasteiger partial charge in [-0.15, -0.1) is 5.10 Å². The molecule has 5 rings (SSSR count). The third kappa shape index (κ3) is 9.59. The van der Waals surface area contributed by atoms with Gasteiger partial charge in [-0.3, -0.25) is 9.88 Å². The zero-order chi connectivity index (χ0) is 33.1. The van der Waals surface area contributed by atoms with Gasteiger partial charge in [-0.25, -0.2) is 18.2 Å². The van der Waals surface area contributed by atoms with Crippen molar-refractivity contribution >= 4 is 41.1 Å². The molecule has 0 bridgehead atoms. The number of alkyl halides is 2. The van der Waals surface area contributed by atoms with Crippen LogP contribution in [0.1, 0.15) is 43.5 Å². The summed E-state index contributed by atoms with van der Waals surface area (Å²) in [5.74, 6) is 1.08. The Morgan fingerprint density at radius 3 is 2.60 bits per heavy atom. The zero-order valence-electron chi connectivity index (χ0n) is 26.3. The number of likely N-dealkylation sites (tertiary alicyclic amines) is 1. The maximum atomic E-state index is 13.6. The van der Waals surface area contributed by atoms with Crippen LogP contribution in [0.4, 0.5) is 18.9 Å². The van der Waals surface area contributed by atoms with Gasteiger partial charge in [-0.2, -0.15) is 5.10 Å². The van der Waals surface area contributed by atoms with Crippen molar-refractivity contribution in [2.75, 3.05) is 40.3 Å². The molecule has 1 aromatic heterocycles. The number of aliphatic hydroxyl groups is 1. The van der Waals surface area contributed by atoms with Gasteiger partial charge in [0.25, 0.3) is 6.43 Å². The molecule has 1 saturated carbocycles. The van der Waals surface area contributed by atoms with Crippen molar-refractivity contribution in [2.24, 2.45) is 20.6 Å². The number of aliphatic hydroxyl groups excluding tert-OH is 1. The Morgan fingerprint density at radius 1 is 1.29 bits per heavy atom. The third-order valence-electron chi connectivity index (χ3n) is 8.00. The van der Waals surface area contributed by atoms with E-state index in [0.29, 0.717) is 17.1 Å². The second-order valence-electron chi connectivity index (χ2n) is 11.5. The van der Waals surface area contributed by atoms with Crippen LogP contribution in [0, 0.1) is 11.2 Å². The maximum absolute atomic E-state index is 13.6.